The molecular formula is C15H24N2O. The predicted molar refractivity (Wildman–Crippen MR) is 74.7 cm³/mol. The molecule has 1 aliphatic heterocycles. The van der Waals surface area contributed by atoms with Gasteiger partial charge in [0.25, 0.3) is 0 Å². The number of rotatable bonds is 5. The van der Waals surface area contributed by atoms with Crippen molar-refractivity contribution in [3.8, 4) is 0 Å². The van der Waals surface area contributed by atoms with Crippen molar-refractivity contribution < 1.29 is 5.11 Å². The molecule has 0 saturated carbocycles. The van der Waals surface area contributed by atoms with Gasteiger partial charge in [0.05, 0.1) is 6.61 Å². The highest BCUT2D eigenvalue weighted by molar-refractivity contribution is 5.16. The largest absolute Gasteiger partial charge is 0.395 e. The molecule has 0 amide bonds. The van der Waals surface area contributed by atoms with Gasteiger partial charge in [-0.15, -0.1) is 0 Å². The van der Waals surface area contributed by atoms with E-state index in [1.165, 1.54) is 24.9 Å². The van der Waals surface area contributed by atoms with Crippen LogP contribution in [0, 0.1) is 0 Å². The Hall–Kier alpha value is -0.900. The van der Waals surface area contributed by atoms with Gasteiger partial charge in [-0.25, -0.2) is 0 Å². The van der Waals surface area contributed by atoms with Crippen LogP contribution in [0.15, 0.2) is 30.3 Å². The summed E-state index contributed by atoms with van der Waals surface area (Å²) in [4.78, 5) is 2.36. The van der Waals surface area contributed by atoms with Crippen LogP contribution < -0.4 is 5.32 Å². The lowest BCUT2D eigenvalue weighted by Gasteiger charge is -2.33. The van der Waals surface area contributed by atoms with Gasteiger partial charge in [0.1, 0.15) is 0 Å². The van der Waals surface area contributed by atoms with Crippen LogP contribution in [-0.4, -0.2) is 48.8 Å². The molecular weight excluding hydrogens is 224 g/mol. The normalized spacial score (nSPS) is 22.9. The highest BCUT2D eigenvalue weighted by atomic mass is 16.3. The van der Waals surface area contributed by atoms with Gasteiger partial charge in [0.2, 0.25) is 0 Å². The van der Waals surface area contributed by atoms with Gasteiger partial charge in [0, 0.05) is 18.6 Å². The number of hydrogen-bond donors (Lipinski definition) is 2. The molecule has 2 atom stereocenters. The summed E-state index contributed by atoms with van der Waals surface area (Å²) in [7, 11) is 2.17. The molecule has 0 aliphatic carbocycles. The van der Waals surface area contributed by atoms with E-state index in [2.05, 4.69) is 41.5 Å². The first kappa shape index (κ1) is 13.5. The van der Waals surface area contributed by atoms with Crippen LogP contribution >= 0.6 is 0 Å². The maximum Gasteiger partial charge on any atom is 0.0587 e. The third-order valence-electron chi connectivity index (χ3n) is 3.64. The number of aliphatic hydroxyl groups is 1. The van der Waals surface area contributed by atoms with Crippen molar-refractivity contribution in [2.24, 2.45) is 0 Å². The number of nitrogens with one attached hydrogen (secondary N) is 1. The number of benzene rings is 1. The molecule has 3 heteroatoms. The van der Waals surface area contributed by atoms with E-state index in [0.29, 0.717) is 6.04 Å². The molecule has 0 bridgehead atoms. The standard InChI is InChI=1S/C15H24N2O/c1-17-9-5-8-14(11-17)16-15(12-18)10-13-6-3-2-4-7-13/h2-4,6-7,14-16,18H,5,8-12H2,1H3/t14?,15-/m0/s1. The zero-order chi connectivity index (χ0) is 12.8. The van der Waals surface area contributed by atoms with Gasteiger partial charge < -0.3 is 15.3 Å². The molecule has 1 fully saturated rings. The molecule has 1 heterocycles. The highest BCUT2D eigenvalue weighted by Gasteiger charge is 2.20. The molecule has 1 aromatic carbocycles. The van der Waals surface area contributed by atoms with Crippen molar-refractivity contribution in [3.05, 3.63) is 35.9 Å². The lowest BCUT2D eigenvalue weighted by Crippen LogP contribution is -2.49. The Labute approximate surface area is 110 Å². The van der Waals surface area contributed by atoms with Gasteiger partial charge in [0.15, 0.2) is 0 Å². The average Bonchev–Trinajstić information content (AvgIpc) is 2.39. The first-order valence-electron chi connectivity index (χ1n) is 6.87. The van der Waals surface area contributed by atoms with Crippen LogP contribution in [0.5, 0.6) is 0 Å². The average molecular weight is 248 g/mol. The number of likely N-dealkylation sites (tertiary alicyclic amines) is 1. The Bertz CT molecular complexity index is 342. The summed E-state index contributed by atoms with van der Waals surface area (Å²) in [6, 6.07) is 11.1. The van der Waals surface area contributed by atoms with E-state index in [9.17, 15) is 5.11 Å². The predicted octanol–water partition coefficient (Wildman–Crippen LogP) is 1.27. The summed E-state index contributed by atoms with van der Waals surface area (Å²) < 4.78 is 0. The Balaban J connectivity index is 1.85. The minimum Gasteiger partial charge on any atom is -0.395 e. The Kier molecular flexibility index (Phi) is 5.17. The number of aliphatic hydroxyl groups excluding tert-OH is 1. The van der Waals surface area contributed by atoms with Gasteiger partial charge in [-0.2, -0.15) is 0 Å². The molecule has 3 nitrogen and oxygen atoms in total. The fourth-order valence-corrected chi connectivity index (χ4v) is 2.71. The van der Waals surface area contributed by atoms with Crippen LogP contribution in [0.25, 0.3) is 0 Å². The molecule has 0 radical (unpaired) electrons. The minimum absolute atomic E-state index is 0.170. The van der Waals surface area contributed by atoms with E-state index in [0.717, 1.165) is 13.0 Å². The van der Waals surface area contributed by atoms with E-state index in [4.69, 9.17) is 0 Å². The summed E-state index contributed by atoms with van der Waals surface area (Å²) >= 11 is 0. The topological polar surface area (TPSA) is 35.5 Å². The summed E-state index contributed by atoms with van der Waals surface area (Å²) in [5, 5.41) is 13.1. The van der Waals surface area contributed by atoms with Gasteiger partial charge >= 0.3 is 0 Å². The molecule has 2 N–H and O–H groups in total. The number of piperidine rings is 1. The number of nitrogens with zero attached hydrogens (tertiary/aromatic N) is 1. The lowest BCUT2D eigenvalue weighted by molar-refractivity contribution is 0.183. The molecule has 18 heavy (non-hydrogen) atoms. The molecule has 0 spiro atoms. The van der Waals surface area contributed by atoms with E-state index in [-0.39, 0.29) is 12.6 Å². The Morgan fingerprint density at radius 2 is 2.17 bits per heavy atom. The van der Waals surface area contributed by atoms with Crippen molar-refractivity contribution in [3.63, 3.8) is 0 Å². The van der Waals surface area contributed by atoms with E-state index in [1.54, 1.807) is 0 Å². The Morgan fingerprint density at radius 1 is 1.39 bits per heavy atom. The van der Waals surface area contributed by atoms with E-state index < -0.39 is 0 Å². The maximum atomic E-state index is 9.51. The Morgan fingerprint density at radius 3 is 2.83 bits per heavy atom. The summed E-state index contributed by atoms with van der Waals surface area (Å²) in [6.45, 7) is 2.49. The highest BCUT2D eigenvalue weighted by Crippen LogP contribution is 2.10. The van der Waals surface area contributed by atoms with Gasteiger partial charge in [-0.3, -0.25) is 0 Å². The number of likely N-dealkylation sites (N-methyl/N-ethyl adjacent to an activating group) is 1. The van der Waals surface area contributed by atoms with Gasteiger partial charge in [-0.1, -0.05) is 30.3 Å². The van der Waals surface area contributed by atoms with E-state index >= 15 is 0 Å². The fraction of sp³-hybridized carbons (Fsp3) is 0.600. The zero-order valence-corrected chi connectivity index (χ0v) is 11.2. The third kappa shape index (κ3) is 4.09. The first-order valence-corrected chi connectivity index (χ1v) is 6.87. The van der Waals surface area contributed by atoms with Crippen molar-refractivity contribution in [2.45, 2.75) is 31.3 Å². The summed E-state index contributed by atoms with van der Waals surface area (Å²) in [6.07, 6.45) is 3.37. The third-order valence-corrected chi connectivity index (χ3v) is 3.64. The molecule has 1 saturated heterocycles. The minimum atomic E-state index is 0.170. The van der Waals surface area contributed by atoms with Crippen molar-refractivity contribution >= 4 is 0 Å². The molecule has 1 unspecified atom stereocenters. The maximum absolute atomic E-state index is 9.51. The van der Waals surface area contributed by atoms with Crippen LogP contribution in [0.1, 0.15) is 18.4 Å². The second-order valence-electron chi connectivity index (χ2n) is 5.34. The van der Waals surface area contributed by atoms with Crippen LogP contribution in [0.3, 0.4) is 0 Å². The monoisotopic (exact) mass is 248 g/mol. The molecule has 100 valence electrons. The molecule has 1 aliphatic rings. The molecule has 1 aromatic rings. The zero-order valence-electron chi connectivity index (χ0n) is 11.2. The quantitative estimate of drug-likeness (QED) is 0.824. The van der Waals surface area contributed by atoms with Crippen LogP contribution in [0.4, 0.5) is 0 Å². The van der Waals surface area contributed by atoms with Crippen molar-refractivity contribution in [1.29, 1.82) is 0 Å². The van der Waals surface area contributed by atoms with Crippen LogP contribution in [-0.2, 0) is 6.42 Å². The lowest BCUT2D eigenvalue weighted by atomic mass is 10.0. The second kappa shape index (κ2) is 6.88. The molecule has 2 rings (SSSR count). The van der Waals surface area contributed by atoms with Crippen molar-refractivity contribution in [1.82, 2.24) is 10.2 Å². The summed E-state index contributed by atoms with van der Waals surface area (Å²) in [5.74, 6) is 0. The second-order valence-corrected chi connectivity index (χ2v) is 5.34. The molecule has 0 aromatic heterocycles. The van der Waals surface area contributed by atoms with E-state index in [1.807, 2.05) is 6.07 Å². The smallest absolute Gasteiger partial charge is 0.0587 e. The van der Waals surface area contributed by atoms with Crippen molar-refractivity contribution in [2.75, 3.05) is 26.7 Å². The van der Waals surface area contributed by atoms with Crippen LogP contribution in [0.2, 0.25) is 0 Å². The summed E-state index contributed by atoms with van der Waals surface area (Å²) in [5.41, 5.74) is 1.29. The fourth-order valence-electron chi connectivity index (χ4n) is 2.71. The van der Waals surface area contributed by atoms with Gasteiger partial charge in [-0.05, 0) is 38.4 Å². The first-order chi connectivity index (χ1) is 8.78. The number of hydrogen-bond acceptors (Lipinski definition) is 3. The SMILES string of the molecule is CN1CCCC(N[C@H](CO)Cc2ccccc2)C1.